The molecule has 8 nitrogen and oxygen atoms in total. The Kier molecular flexibility index (Phi) is 8.33. The van der Waals surface area contributed by atoms with Crippen molar-refractivity contribution in [3.05, 3.63) is 11.0 Å². The molecule has 5 atom stereocenters. The van der Waals surface area contributed by atoms with Crippen LogP contribution in [0.4, 0.5) is 13.2 Å². The Hall–Kier alpha value is -1.31. The zero-order valence-corrected chi connectivity index (χ0v) is 22.6. The minimum Gasteiger partial charge on any atom is -0.356 e. The van der Waals surface area contributed by atoms with Gasteiger partial charge < -0.3 is 9.80 Å². The predicted molar refractivity (Wildman–Crippen MR) is 136 cm³/mol. The highest BCUT2D eigenvalue weighted by molar-refractivity contribution is 8.04. The van der Waals surface area contributed by atoms with E-state index in [1.54, 1.807) is 18.0 Å². The summed E-state index contributed by atoms with van der Waals surface area (Å²) in [4.78, 5) is 25.7. The van der Waals surface area contributed by atoms with Gasteiger partial charge in [0.15, 0.2) is 0 Å². The zero-order valence-electron chi connectivity index (χ0n) is 20.2. The molecule has 0 N–H and O–H groups in total. The maximum atomic E-state index is 13.0. The molecule has 3 aliphatic heterocycles. The Morgan fingerprint density at radius 2 is 1.94 bits per heavy atom. The van der Waals surface area contributed by atoms with Crippen LogP contribution in [-0.2, 0) is 14.8 Å². The average molecular weight is 570 g/mol. The number of hydrogen-bond donors (Lipinski definition) is 0. The normalized spacial score (nSPS) is 31.4. The highest BCUT2D eigenvalue weighted by Gasteiger charge is 2.41. The van der Waals surface area contributed by atoms with Gasteiger partial charge in [-0.05, 0) is 30.1 Å². The molecule has 36 heavy (non-hydrogen) atoms. The summed E-state index contributed by atoms with van der Waals surface area (Å²) in [6.07, 6.45) is 1.22. The van der Waals surface area contributed by atoms with Crippen LogP contribution in [-0.4, -0.2) is 103 Å². The van der Waals surface area contributed by atoms with Gasteiger partial charge in [0.05, 0.1) is 18.6 Å². The molecule has 14 heteroatoms. The molecule has 0 bridgehead atoms. The molecule has 1 saturated heterocycles. The number of carbonyl (C=O) groups excluding carboxylic acids is 1. The SMILES string of the molecule is CN(C1CCC(CC(=O)N2CCN(C3=NC=NC4SC(CC(F)(F)F)=CC34)CC2)C(Cl)C1)S(C)(=O)=O. The topological polar surface area (TPSA) is 85.7 Å². The monoisotopic (exact) mass is 569 g/mol. The van der Waals surface area contributed by atoms with Crippen LogP contribution in [0.5, 0.6) is 0 Å². The van der Waals surface area contributed by atoms with Gasteiger partial charge >= 0.3 is 6.18 Å². The van der Waals surface area contributed by atoms with Gasteiger partial charge in [0.1, 0.15) is 17.5 Å². The van der Waals surface area contributed by atoms with Crippen molar-refractivity contribution in [3.63, 3.8) is 0 Å². The number of aliphatic imine (C=N–C) groups is 2. The van der Waals surface area contributed by atoms with Crippen LogP contribution in [0.1, 0.15) is 32.1 Å². The van der Waals surface area contributed by atoms with Crippen molar-refractivity contribution in [1.82, 2.24) is 14.1 Å². The fraction of sp³-hybridized carbons (Fsp3) is 0.773. The second-order valence-electron chi connectivity index (χ2n) is 9.81. The lowest BCUT2D eigenvalue weighted by atomic mass is 9.83. The molecule has 0 aromatic rings. The first kappa shape index (κ1) is 27.7. The van der Waals surface area contributed by atoms with Crippen molar-refractivity contribution >= 4 is 51.5 Å². The predicted octanol–water partition coefficient (Wildman–Crippen LogP) is 3.15. The van der Waals surface area contributed by atoms with Gasteiger partial charge in [0.2, 0.25) is 15.9 Å². The third-order valence-electron chi connectivity index (χ3n) is 7.33. The molecule has 0 spiro atoms. The van der Waals surface area contributed by atoms with Crippen molar-refractivity contribution in [1.29, 1.82) is 0 Å². The van der Waals surface area contributed by atoms with E-state index in [0.29, 0.717) is 57.7 Å². The highest BCUT2D eigenvalue weighted by Crippen LogP contribution is 2.44. The van der Waals surface area contributed by atoms with Crippen molar-refractivity contribution in [3.8, 4) is 0 Å². The van der Waals surface area contributed by atoms with Crippen molar-refractivity contribution in [2.75, 3.05) is 39.5 Å². The minimum absolute atomic E-state index is 0.00574. The number of hydrogen-bond acceptors (Lipinski definition) is 7. The maximum absolute atomic E-state index is 13.0. The molecule has 0 radical (unpaired) electrons. The van der Waals surface area contributed by atoms with Crippen LogP contribution in [0.15, 0.2) is 21.0 Å². The first-order valence-corrected chi connectivity index (χ1v) is 15.1. The summed E-state index contributed by atoms with van der Waals surface area (Å²) in [6.45, 7) is 2.09. The van der Waals surface area contributed by atoms with Gasteiger partial charge in [-0.1, -0.05) is 6.08 Å². The Bertz CT molecular complexity index is 1040. The van der Waals surface area contributed by atoms with Gasteiger partial charge in [-0.15, -0.1) is 23.4 Å². The summed E-state index contributed by atoms with van der Waals surface area (Å²) in [5, 5.41) is -0.601. The van der Waals surface area contributed by atoms with E-state index in [0.717, 1.165) is 11.8 Å². The van der Waals surface area contributed by atoms with Crippen molar-refractivity contribution < 1.29 is 26.4 Å². The van der Waals surface area contributed by atoms with E-state index in [2.05, 4.69) is 9.98 Å². The summed E-state index contributed by atoms with van der Waals surface area (Å²) in [5.74, 6) is 0.431. The molecular formula is C22H31ClF3N5O3S2. The molecule has 4 rings (SSSR count). The number of alkyl halides is 4. The first-order valence-electron chi connectivity index (χ1n) is 11.9. The number of thioether (sulfide) groups is 1. The molecule has 0 aromatic heterocycles. The number of piperazine rings is 1. The van der Waals surface area contributed by atoms with Gasteiger partial charge in [-0.2, -0.15) is 13.2 Å². The molecule has 202 valence electrons. The van der Waals surface area contributed by atoms with Crippen molar-refractivity contribution in [2.24, 2.45) is 21.8 Å². The lowest BCUT2D eigenvalue weighted by Gasteiger charge is -2.40. The quantitative estimate of drug-likeness (QED) is 0.475. The summed E-state index contributed by atoms with van der Waals surface area (Å²) in [6, 6.07) is -0.152. The molecule has 2 fully saturated rings. The summed E-state index contributed by atoms with van der Waals surface area (Å²) in [5.41, 5.74) is 0. The highest BCUT2D eigenvalue weighted by atomic mass is 35.5. The van der Waals surface area contributed by atoms with E-state index in [1.807, 2.05) is 4.90 Å². The second-order valence-corrected chi connectivity index (χ2v) is 13.7. The number of sulfonamides is 1. The van der Waals surface area contributed by atoms with Gasteiger partial charge in [-0.25, -0.2) is 17.7 Å². The number of amidine groups is 1. The number of nitrogens with zero attached hydrogens (tertiary/aromatic N) is 5. The number of halogens is 4. The van der Waals surface area contributed by atoms with E-state index in [9.17, 15) is 26.4 Å². The zero-order chi connectivity index (χ0) is 26.3. The van der Waals surface area contributed by atoms with Crippen LogP contribution in [0, 0.1) is 11.8 Å². The van der Waals surface area contributed by atoms with Crippen LogP contribution in [0.3, 0.4) is 0 Å². The molecule has 4 aliphatic rings. The Morgan fingerprint density at radius 3 is 2.56 bits per heavy atom. The number of amides is 1. The smallest absolute Gasteiger partial charge is 0.356 e. The maximum Gasteiger partial charge on any atom is 0.393 e. The average Bonchev–Trinajstić information content (AvgIpc) is 3.20. The second kappa shape index (κ2) is 10.8. The Balaban J connectivity index is 1.28. The first-order chi connectivity index (χ1) is 16.8. The molecule has 3 heterocycles. The fourth-order valence-electron chi connectivity index (χ4n) is 5.24. The van der Waals surface area contributed by atoms with E-state index < -0.39 is 22.6 Å². The number of rotatable bonds is 5. The molecule has 1 saturated carbocycles. The number of fused-ring (bicyclic) bond motifs is 1. The van der Waals surface area contributed by atoms with E-state index in [4.69, 9.17) is 11.6 Å². The molecule has 1 amide bonds. The number of carbonyl (C=O) groups is 1. The van der Waals surface area contributed by atoms with Gasteiger partial charge in [-0.3, -0.25) is 9.79 Å². The molecular weight excluding hydrogens is 539 g/mol. The molecule has 1 aliphatic carbocycles. The lowest BCUT2D eigenvalue weighted by molar-refractivity contribution is -0.133. The van der Waals surface area contributed by atoms with Crippen LogP contribution < -0.4 is 0 Å². The number of allylic oxidation sites excluding steroid dienone is 1. The summed E-state index contributed by atoms with van der Waals surface area (Å²) >= 11 is 7.72. The Labute approximate surface area is 219 Å². The molecule has 0 aromatic carbocycles. The van der Waals surface area contributed by atoms with Crippen LogP contribution >= 0.6 is 23.4 Å². The van der Waals surface area contributed by atoms with Crippen molar-refractivity contribution in [2.45, 2.75) is 55.1 Å². The van der Waals surface area contributed by atoms with Crippen LogP contribution in [0.25, 0.3) is 0 Å². The van der Waals surface area contributed by atoms with E-state index in [-0.39, 0.29) is 39.4 Å². The summed E-state index contributed by atoms with van der Waals surface area (Å²) in [7, 11) is -1.73. The minimum atomic E-state index is -4.26. The molecule has 5 unspecified atom stereocenters. The third-order valence-corrected chi connectivity index (χ3v) is 10.4. The van der Waals surface area contributed by atoms with Crippen LogP contribution in [0.2, 0.25) is 0 Å². The fourth-order valence-corrected chi connectivity index (χ4v) is 7.64. The van der Waals surface area contributed by atoms with E-state index in [1.165, 1.54) is 16.9 Å². The van der Waals surface area contributed by atoms with E-state index >= 15 is 0 Å². The van der Waals surface area contributed by atoms with Gasteiger partial charge in [0.25, 0.3) is 0 Å². The largest absolute Gasteiger partial charge is 0.393 e. The van der Waals surface area contributed by atoms with Gasteiger partial charge in [0, 0.05) is 51.1 Å². The standard InChI is InChI=1S/C22H31ClF3N5O3S2/c1-29(36(2,33)34)15-4-3-14(18(23)10-15)9-19(32)30-5-7-31(8-6-30)20-17-11-16(12-22(24,25)26)35-21(17)28-13-27-20/h11,13-15,17-18,21H,3-10,12H2,1-2H3. The third kappa shape index (κ3) is 6.57. The summed E-state index contributed by atoms with van der Waals surface area (Å²) < 4.78 is 63.6. The lowest BCUT2D eigenvalue weighted by Crippen LogP contribution is -2.53. The Morgan fingerprint density at radius 1 is 1.25 bits per heavy atom.